The van der Waals surface area contributed by atoms with Crippen molar-refractivity contribution in [2.45, 2.75) is 0 Å². The quantitative estimate of drug-likeness (QED) is 0.558. The maximum absolute atomic E-state index is 9.84. The van der Waals surface area contributed by atoms with Gasteiger partial charge < -0.3 is 0 Å². The van der Waals surface area contributed by atoms with Gasteiger partial charge in [-0.15, -0.1) is 0 Å². The molecule has 7 heavy (non-hydrogen) atoms. The molecule has 0 atom stereocenters. The summed E-state index contributed by atoms with van der Waals surface area (Å²) in [6, 6.07) is 0. The van der Waals surface area contributed by atoms with Crippen molar-refractivity contribution in [2.75, 3.05) is 0 Å². The molecule has 0 aliphatic heterocycles. The van der Waals surface area contributed by atoms with Crippen LogP contribution in [0.25, 0.3) is 0 Å². The van der Waals surface area contributed by atoms with Gasteiger partial charge in [0.2, 0.25) is 10.0 Å². The van der Waals surface area contributed by atoms with E-state index in [4.69, 9.17) is 11.6 Å². The highest BCUT2D eigenvalue weighted by molar-refractivity contribution is 7.92. The number of nitrogens with two attached hydrogens (primary N) is 1. The molecule has 0 bridgehead atoms. The minimum Gasteiger partial charge on any atom is -0.225 e. The van der Waals surface area contributed by atoms with Crippen molar-refractivity contribution in [3.63, 3.8) is 0 Å². The van der Waals surface area contributed by atoms with Gasteiger partial charge in [0, 0.05) is 5.54 Å². The molecule has 0 unspecified atom stereocenters. The zero-order chi connectivity index (χ0) is 5.91. The van der Waals surface area contributed by atoms with Crippen molar-refractivity contribution in [3.05, 3.63) is 10.9 Å². The molecule has 42 valence electrons. The SMILES string of the molecule is NS(=O)(=O)/C=C/Cl. The van der Waals surface area contributed by atoms with Crippen LogP contribution in [0.2, 0.25) is 0 Å². The molecule has 0 heterocycles. The van der Waals surface area contributed by atoms with E-state index in [1.165, 1.54) is 0 Å². The van der Waals surface area contributed by atoms with Gasteiger partial charge >= 0.3 is 0 Å². The van der Waals surface area contributed by atoms with Gasteiger partial charge in [-0.1, -0.05) is 11.6 Å². The van der Waals surface area contributed by atoms with Gasteiger partial charge in [0.25, 0.3) is 0 Å². The molecule has 0 aliphatic carbocycles. The van der Waals surface area contributed by atoms with Gasteiger partial charge in [0.1, 0.15) is 0 Å². The van der Waals surface area contributed by atoms with Crippen molar-refractivity contribution < 1.29 is 8.42 Å². The third-order valence-electron chi connectivity index (χ3n) is 0.241. The minimum absolute atomic E-state index is 0.703. The standard InChI is InChI=1S/C2H4ClNO2S/c3-1-2-7(4,5)6/h1-2H,(H2,4,5,6)/b2-1+. The first-order chi connectivity index (χ1) is 3.06. The second-order valence-electron chi connectivity index (χ2n) is 0.851. The Morgan fingerprint density at radius 1 is 1.57 bits per heavy atom. The lowest BCUT2D eigenvalue weighted by atomic mass is 11.3. The number of hydrogen-bond acceptors (Lipinski definition) is 2. The van der Waals surface area contributed by atoms with Crippen LogP contribution in [0.15, 0.2) is 10.9 Å². The third-order valence-corrected chi connectivity index (χ3v) is 1.03. The molecule has 0 amide bonds. The molecular weight excluding hydrogens is 138 g/mol. The van der Waals surface area contributed by atoms with Gasteiger partial charge in [-0.05, 0) is 0 Å². The number of halogens is 1. The zero-order valence-corrected chi connectivity index (χ0v) is 4.91. The van der Waals surface area contributed by atoms with E-state index in [9.17, 15) is 8.42 Å². The molecule has 0 radical (unpaired) electrons. The Morgan fingerprint density at radius 2 is 2.00 bits per heavy atom. The minimum atomic E-state index is -3.49. The molecule has 0 aromatic rings. The maximum Gasteiger partial charge on any atom is 0.232 e. The van der Waals surface area contributed by atoms with Crippen LogP contribution in [0.1, 0.15) is 0 Å². The summed E-state index contributed by atoms with van der Waals surface area (Å²) in [6.07, 6.45) is 0. The lowest BCUT2D eigenvalue weighted by Gasteiger charge is -1.77. The van der Waals surface area contributed by atoms with E-state index in [1.807, 2.05) is 0 Å². The molecule has 0 aliphatic rings. The fourth-order valence-electron chi connectivity index (χ4n) is 0.0717. The van der Waals surface area contributed by atoms with E-state index in [-0.39, 0.29) is 0 Å². The molecule has 3 nitrogen and oxygen atoms in total. The van der Waals surface area contributed by atoms with E-state index in [0.29, 0.717) is 5.41 Å². The van der Waals surface area contributed by atoms with Crippen molar-refractivity contribution in [1.29, 1.82) is 0 Å². The average molecular weight is 142 g/mol. The van der Waals surface area contributed by atoms with E-state index < -0.39 is 10.0 Å². The van der Waals surface area contributed by atoms with E-state index in [0.717, 1.165) is 5.54 Å². The Bertz CT molecular complexity index is 159. The fourth-order valence-corrected chi connectivity index (χ4v) is 0.645. The second-order valence-corrected chi connectivity index (χ2v) is 2.55. The average Bonchev–Trinajstić information content (AvgIpc) is 1.30. The number of sulfonamides is 1. The summed E-state index contributed by atoms with van der Waals surface area (Å²) >= 11 is 4.85. The van der Waals surface area contributed by atoms with Gasteiger partial charge in [0.05, 0.1) is 5.41 Å². The summed E-state index contributed by atoms with van der Waals surface area (Å²) in [7, 11) is -3.49. The van der Waals surface area contributed by atoms with Gasteiger partial charge in [-0.25, -0.2) is 13.6 Å². The molecule has 0 saturated carbocycles. The van der Waals surface area contributed by atoms with Crippen LogP contribution in [-0.4, -0.2) is 8.42 Å². The summed E-state index contributed by atoms with van der Waals surface area (Å²) in [5.41, 5.74) is 0.843. The van der Waals surface area contributed by atoms with E-state index >= 15 is 0 Å². The van der Waals surface area contributed by atoms with Crippen LogP contribution in [0.4, 0.5) is 0 Å². The smallest absolute Gasteiger partial charge is 0.225 e. The highest BCUT2D eigenvalue weighted by Crippen LogP contribution is 1.82. The molecular formula is C2H4ClNO2S. The first kappa shape index (κ1) is 6.94. The predicted molar refractivity (Wildman–Crippen MR) is 28.1 cm³/mol. The van der Waals surface area contributed by atoms with Crippen LogP contribution in [-0.2, 0) is 10.0 Å². The Hall–Kier alpha value is -0.0600. The molecule has 2 N–H and O–H groups in total. The number of hydrogen-bond donors (Lipinski definition) is 1. The summed E-state index contributed by atoms with van der Waals surface area (Å²) < 4.78 is 19.7. The van der Waals surface area contributed by atoms with Gasteiger partial charge in [-0.3, -0.25) is 0 Å². The summed E-state index contributed by atoms with van der Waals surface area (Å²) in [5.74, 6) is 0. The predicted octanol–water partition coefficient (Wildman–Crippen LogP) is -0.0151. The summed E-state index contributed by atoms with van der Waals surface area (Å²) in [5, 5.41) is 5.15. The second kappa shape index (κ2) is 2.30. The lowest BCUT2D eigenvalue weighted by molar-refractivity contribution is 0.606. The Balaban J connectivity index is 4.13. The Labute approximate surface area is 46.8 Å². The maximum atomic E-state index is 9.84. The zero-order valence-electron chi connectivity index (χ0n) is 3.33. The van der Waals surface area contributed by atoms with Crippen molar-refractivity contribution in [3.8, 4) is 0 Å². The van der Waals surface area contributed by atoms with Gasteiger partial charge in [-0.2, -0.15) is 0 Å². The number of primary sulfonamides is 1. The molecule has 0 saturated heterocycles. The first-order valence-electron chi connectivity index (χ1n) is 1.36. The molecule has 5 heteroatoms. The van der Waals surface area contributed by atoms with Crippen molar-refractivity contribution >= 4 is 21.6 Å². The largest absolute Gasteiger partial charge is 0.232 e. The highest BCUT2D eigenvalue weighted by atomic mass is 35.5. The number of rotatable bonds is 1. The van der Waals surface area contributed by atoms with Crippen molar-refractivity contribution in [1.82, 2.24) is 0 Å². The molecule has 0 spiro atoms. The van der Waals surface area contributed by atoms with Crippen LogP contribution in [0.5, 0.6) is 0 Å². The van der Waals surface area contributed by atoms with Gasteiger partial charge in [0.15, 0.2) is 0 Å². The molecule has 0 fully saturated rings. The fraction of sp³-hybridized carbons (Fsp3) is 0. The van der Waals surface area contributed by atoms with Crippen LogP contribution in [0.3, 0.4) is 0 Å². The van der Waals surface area contributed by atoms with Crippen LogP contribution < -0.4 is 5.14 Å². The Morgan fingerprint density at radius 3 is 2.00 bits per heavy atom. The molecule has 0 rings (SSSR count). The van der Waals surface area contributed by atoms with E-state index in [1.54, 1.807) is 0 Å². The third kappa shape index (κ3) is 5.94. The molecule has 0 aromatic carbocycles. The Kier molecular flexibility index (Phi) is 2.28. The first-order valence-corrected chi connectivity index (χ1v) is 3.40. The van der Waals surface area contributed by atoms with Crippen LogP contribution in [0, 0.1) is 0 Å². The summed E-state index contributed by atoms with van der Waals surface area (Å²) in [4.78, 5) is 0. The highest BCUT2D eigenvalue weighted by Gasteiger charge is 1.88. The summed E-state index contributed by atoms with van der Waals surface area (Å²) in [6.45, 7) is 0. The molecule has 0 aromatic heterocycles. The van der Waals surface area contributed by atoms with Crippen molar-refractivity contribution in [2.24, 2.45) is 5.14 Å². The normalized spacial score (nSPS) is 12.9. The lowest BCUT2D eigenvalue weighted by Crippen LogP contribution is -2.06. The van der Waals surface area contributed by atoms with E-state index in [2.05, 4.69) is 5.14 Å². The topological polar surface area (TPSA) is 60.2 Å². The monoisotopic (exact) mass is 141 g/mol. The van der Waals surface area contributed by atoms with Crippen LogP contribution >= 0.6 is 11.6 Å².